The third kappa shape index (κ3) is 4.04. The first-order chi connectivity index (χ1) is 10.1. The Labute approximate surface area is 121 Å². The predicted molar refractivity (Wildman–Crippen MR) is 76.1 cm³/mol. The van der Waals surface area contributed by atoms with Gasteiger partial charge in [0.05, 0.1) is 12.8 Å². The quantitative estimate of drug-likeness (QED) is 0.821. The summed E-state index contributed by atoms with van der Waals surface area (Å²) < 4.78 is 4.91. The molecule has 2 amide bonds. The second-order valence-corrected chi connectivity index (χ2v) is 4.35. The van der Waals surface area contributed by atoms with Crippen molar-refractivity contribution in [1.82, 2.24) is 5.32 Å². The predicted octanol–water partition coefficient (Wildman–Crippen LogP) is 1.85. The fourth-order valence-corrected chi connectivity index (χ4v) is 1.68. The molecular formula is C15H14N2O4. The molecule has 2 aromatic rings. The fraction of sp³-hybridized carbons (Fsp3) is 0.133. The lowest BCUT2D eigenvalue weighted by molar-refractivity contribution is -0.115. The summed E-state index contributed by atoms with van der Waals surface area (Å²) >= 11 is 0. The molecule has 0 bridgehead atoms. The van der Waals surface area contributed by atoms with Crippen LogP contribution in [0.15, 0.2) is 47.1 Å². The van der Waals surface area contributed by atoms with Crippen LogP contribution >= 0.6 is 0 Å². The van der Waals surface area contributed by atoms with E-state index in [0.29, 0.717) is 11.3 Å². The van der Waals surface area contributed by atoms with Crippen molar-refractivity contribution in [2.45, 2.75) is 6.92 Å². The summed E-state index contributed by atoms with van der Waals surface area (Å²) in [6.07, 6.45) is 1.38. The molecule has 0 radical (unpaired) electrons. The zero-order valence-electron chi connectivity index (χ0n) is 11.4. The van der Waals surface area contributed by atoms with Crippen LogP contribution in [-0.2, 0) is 4.79 Å². The van der Waals surface area contributed by atoms with Gasteiger partial charge in [-0.15, -0.1) is 0 Å². The number of hydrogen-bond acceptors (Lipinski definition) is 4. The Kier molecular flexibility index (Phi) is 4.50. The van der Waals surface area contributed by atoms with Crippen LogP contribution in [0.25, 0.3) is 0 Å². The third-order valence-corrected chi connectivity index (χ3v) is 2.71. The molecule has 6 nitrogen and oxygen atoms in total. The molecule has 1 aromatic carbocycles. The topological polar surface area (TPSA) is 88.4 Å². The highest BCUT2D eigenvalue weighted by atomic mass is 16.3. The van der Waals surface area contributed by atoms with Crippen LogP contribution in [0.3, 0.4) is 0 Å². The van der Waals surface area contributed by atoms with E-state index in [1.807, 2.05) is 0 Å². The molecule has 1 heterocycles. The zero-order valence-corrected chi connectivity index (χ0v) is 11.4. The number of furan rings is 1. The van der Waals surface area contributed by atoms with Gasteiger partial charge in [-0.1, -0.05) is 12.1 Å². The molecule has 0 atom stereocenters. The van der Waals surface area contributed by atoms with Crippen molar-refractivity contribution < 1.29 is 18.8 Å². The van der Waals surface area contributed by atoms with Crippen LogP contribution in [-0.4, -0.2) is 24.1 Å². The molecule has 0 aliphatic heterocycles. The number of anilines is 1. The molecule has 0 fully saturated rings. The Balaban J connectivity index is 1.89. The summed E-state index contributed by atoms with van der Waals surface area (Å²) in [5.41, 5.74) is 1.01. The monoisotopic (exact) mass is 286 g/mol. The van der Waals surface area contributed by atoms with E-state index in [1.54, 1.807) is 30.3 Å². The molecule has 6 heteroatoms. The Morgan fingerprint density at radius 3 is 2.62 bits per heavy atom. The van der Waals surface area contributed by atoms with Gasteiger partial charge in [-0.2, -0.15) is 0 Å². The molecule has 0 spiro atoms. The van der Waals surface area contributed by atoms with Gasteiger partial charge in [-0.25, -0.2) is 0 Å². The maximum Gasteiger partial charge on any atom is 0.287 e. The Morgan fingerprint density at radius 1 is 1.14 bits per heavy atom. The number of amides is 2. The summed E-state index contributed by atoms with van der Waals surface area (Å²) in [6.45, 7) is 1.26. The highest BCUT2D eigenvalue weighted by Gasteiger charge is 2.10. The minimum absolute atomic E-state index is 0.0859. The van der Waals surface area contributed by atoms with Gasteiger partial charge in [0.2, 0.25) is 5.91 Å². The summed E-state index contributed by atoms with van der Waals surface area (Å²) in [5, 5.41) is 5.03. The minimum Gasteiger partial charge on any atom is -0.459 e. The highest BCUT2D eigenvalue weighted by Crippen LogP contribution is 2.10. The van der Waals surface area contributed by atoms with Crippen molar-refractivity contribution in [3.05, 3.63) is 54.0 Å². The van der Waals surface area contributed by atoms with Gasteiger partial charge < -0.3 is 15.1 Å². The zero-order chi connectivity index (χ0) is 15.2. The van der Waals surface area contributed by atoms with E-state index in [9.17, 15) is 14.4 Å². The van der Waals surface area contributed by atoms with E-state index < -0.39 is 11.8 Å². The summed E-state index contributed by atoms with van der Waals surface area (Å²) in [4.78, 5) is 34.6. The molecular weight excluding hydrogens is 272 g/mol. The van der Waals surface area contributed by atoms with Crippen LogP contribution < -0.4 is 10.6 Å². The number of benzene rings is 1. The number of carbonyl (C=O) groups excluding carboxylic acids is 3. The molecule has 0 aliphatic carbocycles. The maximum atomic E-state index is 11.7. The van der Waals surface area contributed by atoms with Crippen molar-refractivity contribution in [2.24, 2.45) is 0 Å². The lowest BCUT2D eigenvalue weighted by Crippen LogP contribution is -2.32. The van der Waals surface area contributed by atoms with Crippen molar-refractivity contribution in [3.8, 4) is 0 Å². The van der Waals surface area contributed by atoms with Gasteiger partial charge in [0, 0.05) is 11.3 Å². The van der Waals surface area contributed by atoms with Crippen molar-refractivity contribution in [3.63, 3.8) is 0 Å². The average molecular weight is 286 g/mol. The van der Waals surface area contributed by atoms with E-state index in [0.717, 1.165) is 0 Å². The molecule has 0 saturated heterocycles. The first-order valence-corrected chi connectivity index (χ1v) is 6.29. The van der Waals surface area contributed by atoms with Crippen LogP contribution in [0.4, 0.5) is 5.69 Å². The normalized spacial score (nSPS) is 9.95. The van der Waals surface area contributed by atoms with Crippen LogP contribution in [0.1, 0.15) is 27.8 Å². The van der Waals surface area contributed by atoms with Gasteiger partial charge in [0.1, 0.15) is 0 Å². The van der Waals surface area contributed by atoms with E-state index in [1.165, 1.54) is 19.3 Å². The van der Waals surface area contributed by atoms with Crippen LogP contribution in [0.2, 0.25) is 0 Å². The van der Waals surface area contributed by atoms with Gasteiger partial charge in [0.15, 0.2) is 11.5 Å². The minimum atomic E-state index is -0.465. The van der Waals surface area contributed by atoms with E-state index in [4.69, 9.17) is 4.42 Å². The molecule has 0 unspecified atom stereocenters. The number of ketones is 1. The number of Topliss-reactive ketones (excluding diaryl/α,β-unsaturated/α-hetero) is 1. The van der Waals surface area contributed by atoms with Crippen molar-refractivity contribution in [1.29, 1.82) is 0 Å². The Morgan fingerprint density at radius 2 is 1.95 bits per heavy atom. The van der Waals surface area contributed by atoms with Crippen molar-refractivity contribution >= 4 is 23.3 Å². The average Bonchev–Trinajstić information content (AvgIpc) is 2.99. The molecule has 0 saturated carbocycles. The summed E-state index contributed by atoms with van der Waals surface area (Å²) in [6, 6.07) is 9.67. The number of carbonyl (C=O) groups is 3. The van der Waals surface area contributed by atoms with E-state index in [-0.39, 0.29) is 18.1 Å². The largest absolute Gasteiger partial charge is 0.459 e. The molecule has 1 aromatic heterocycles. The van der Waals surface area contributed by atoms with Gasteiger partial charge in [0.25, 0.3) is 5.91 Å². The second-order valence-electron chi connectivity index (χ2n) is 4.35. The Hall–Kier alpha value is -2.89. The number of nitrogens with one attached hydrogen (secondary N) is 2. The SMILES string of the molecule is CC(=O)c1cccc(NC(=O)CNC(=O)c2ccco2)c1. The first-order valence-electron chi connectivity index (χ1n) is 6.29. The Bertz CT molecular complexity index is 662. The molecule has 21 heavy (non-hydrogen) atoms. The molecule has 2 rings (SSSR count). The smallest absolute Gasteiger partial charge is 0.287 e. The molecule has 108 valence electrons. The van der Waals surface area contributed by atoms with Crippen LogP contribution in [0.5, 0.6) is 0 Å². The van der Waals surface area contributed by atoms with Gasteiger partial charge >= 0.3 is 0 Å². The lowest BCUT2D eigenvalue weighted by atomic mass is 10.1. The van der Waals surface area contributed by atoms with E-state index >= 15 is 0 Å². The van der Waals surface area contributed by atoms with Crippen LogP contribution in [0, 0.1) is 0 Å². The standard InChI is InChI=1S/C15H14N2O4/c1-10(18)11-4-2-5-12(8-11)17-14(19)9-16-15(20)13-6-3-7-21-13/h2-8H,9H2,1H3,(H,16,20)(H,17,19). The fourth-order valence-electron chi connectivity index (χ4n) is 1.68. The van der Waals surface area contributed by atoms with E-state index in [2.05, 4.69) is 10.6 Å². The second kappa shape index (κ2) is 6.51. The van der Waals surface area contributed by atoms with Gasteiger partial charge in [-0.3, -0.25) is 14.4 Å². The number of rotatable bonds is 5. The molecule has 2 N–H and O–H groups in total. The lowest BCUT2D eigenvalue weighted by Gasteiger charge is -2.07. The van der Waals surface area contributed by atoms with Crippen molar-refractivity contribution in [2.75, 3.05) is 11.9 Å². The third-order valence-electron chi connectivity index (χ3n) is 2.71. The summed E-state index contributed by atoms with van der Waals surface area (Å²) in [7, 11) is 0. The maximum absolute atomic E-state index is 11.7. The molecule has 0 aliphatic rings. The van der Waals surface area contributed by atoms with Gasteiger partial charge in [-0.05, 0) is 31.2 Å². The number of hydrogen-bond donors (Lipinski definition) is 2. The highest BCUT2D eigenvalue weighted by molar-refractivity contribution is 5.99. The first kappa shape index (κ1) is 14.5. The summed E-state index contributed by atoms with van der Waals surface area (Å²) in [5.74, 6) is -0.804.